The molecule has 2 aromatic carbocycles. The molecule has 0 amide bonds. The number of ketones is 2. The molecule has 0 aliphatic carbocycles. The summed E-state index contributed by atoms with van der Waals surface area (Å²) < 4.78 is 42.4. The van der Waals surface area contributed by atoms with Gasteiger partial charge in [0.2, 0.25) is 0 Å². The number of methoxy groups -OCH3 is 1. The predicted molar refractivity (Wildman–Crippen MR) is 77.7 cm³/mol. The molecule has 0 radical (unpaired) electrons. The zero-order chi connectivity index (χ0) is 17.0. The molecule has 0 N–H and O–H groups in total. The summed E-state index contributed by atoms with van der Waals surface area (Å²) >= 11 is 0. The molecule has 0 spiro atoms. The van der Waals surface area contributed by atoms with Gasteiger partial charge in [0, 0.05) is 11.1 Å². The van der Waals surface area contributed by atoms with Crippen molar-refractivity contribution in [1.82, 2.24) is 0 Å². The van der Waals surface area contributed by atoms with Gasteiger partial charge in [-0.15, -0.1) is 0 Å². The second kappa shape index (κ2) is 6.64. The van der Waals surface area contributed by atoms with Crippen molar-refractivity contribution in [3.8, 4) is 5.75 Å². The van der Waals surface area contributed by atoms with E-state index in [9.17, 15) is 22.8 Å². The van der Waals surface area contributed by atoms with Crippen LogP contribution >= 0.6 is 0 Å². The molecule has 3 nitrogen and oxygen atoms in total. The molecule has 0 heterocycles. The van der Waals surface area contributed by atoms with E-state index < -0.39 is 29.7 Å². The fraction of sp³-hybridized carbons (Fsp3) is 0.176. The van der Waals surface area contributed by atoms with Crippen LogP contribution in [0.15, 0.2) is 48.5 Å². The minimum Gasteiger partial charge on any atom is -0.497 e. The average molecular weight is 322 g/mol. The number of hydrogen-bond donors (Lipinski definition) is 0. The van der Waals surface area contributed by atoms with E-state index in [2.05, 4.69) is 0 Å². The van der Waals surface area contributed by atoms with Crippen molar-refractivity contribution < 1.29 is 27.5 Å². The molecule has 0 aromatic heterocycles. The van der Waals surface area contributed by atoms with Crippen LogP contribution in [0.5, 0.6) is 5.75 Å². The summed E-state index contributed by atoms with van der Waals surface area (Å²) in [7, 11) is 1.49. The standard InChI is InChI=1S/C17H13F3O3/c1-23-14-8-4-12(5-9-14)16(22)10-15(21)11-2-6-13(7-3-11)17(18,19)20/h2-9H,10H2,1H3. The number of rotatable bonds is 5. The van der Waals surface area contributed by atoms with Gasteiger partial charge in [-0.2, -0.15) is 13.2 Å². The average Bonchev–Trinajstić information content (AvgIpc) is 2.54. The van der Waals surface area contributed by atoms with Gasteiger partial charge in [-0.25, -0.2) is 0 Å². The lowest BCUT2D eigenvalue weighted by Gasteiger charge is -2.07. The number of carbonyl (C=O) groups is 2. The van der Waals surface area contributed by atoms with Crippen LogP contribution in [0.1, 0.15) is 32.7 Å². The van der Waals surface area contributed by atoms with Gasteiger partial charge in [0.1, 0.15) is 5.75 Å². The third-order valence-electron chi connectivity index (χ3n) is 3.27. The van der Waals surface area contributed by atoms with Crippen molar-refractivity contribution in [3.63, 3.8) is 0 Å². The maximum atomic E-state index is 12.5. The molecule has 0 aliphatic heterocycles. The van der Waals surface area contributed by atoms with Gasteiger partial charge in [0.05, 0.1) is 19.1 Å². The maximum absolute atomic E-state index is 12.5. The van der Waals surface area contributed by atoms with Gasteiger partial charge in [-0.05, 0) is 36.4 Å². The van der Waals surface area contributed by atoms with Crippen LogP contribution in [0.25, 0.3) is 0 Å². The van der Waals surface area contributed by atoms with Crippen LogP contribution in [0.4, 0.5) is 13.2 Å². The van der Waals surface area contributed by atoms with Crippen molar-refractivity contribution in [2.24, 2.45) is 0 Å². The first-order valence-electron chi connectivity index (χ1n) is 6.69. The van der Waals surface area contributed by atoms with Crippen LogP contribution in [0.2, 0.25) is 0 Å². The van der Waals surface area contributed by atoms with Crippen LogP contribution in [-0.2, 0) is 6.18 Å². The van der Waals surface area contributed by atoms with E-state index in [0.717, 1.165) is 24.3 Å². The number of alkyl halides is 3. The molecule has 23 heavy (non-hydrogen) atoms. The number of carbonyl (C=O) groups excluding carboxylic acids is 2. The Hall–Kier alpha value is -2.63. The predicted octanol–water partition coefficient (Wildman–Crippen LogP) is 4.17. The number of Topliss-reactive ketones (excluding diaryl/α,β-unsaturated/α-hetero) is 2. The number of hydrogen-bond acceptors (Lipinski definition) is 3. The molecule has 2 rings (SSSR count). The van der Waals surface area contributed by atoms with Crippen molar-refractivity contribution in [2.75, 3.05) is 7.11 Å². The molecular weight excluding hydrogens is 309 g/mol. The Morgan fingerprint density at radius 3 is 1.70 bits per heavy atom. The van der Waals surface area contributed by atoms with E-state index in [1.54, 1.807) is 12.1 Å². The Balaban J connectivity index is 2.07. The zero-order valence-electron chi connectivity index (χ0n) is 12.2. The van der Waals surface area contributed by atoms with E-state index >= 15 is 0 Å². The quantitative estimate of drug-likeness (QED) is 0.613. The topological polar surface area (TPSA) is 43.4 Å². The molecular formula is C17H13F3O3. The van der Waals surface area contributed by atoms with Crippen molar-refractivity contribution >= 4 is 11.6 Å². The molecule has 0 fully saturated rings. The zero-order valence-corrected chi connectivity index (χ0v) is 12.2. The van der Waals surface area contributed by atoms with Gasteiger partial charge in [0.25, 0.3) is 0 Å². The van der Waals surface area contributed by atoms with Gasteiger partial charge in [0.15, 0.2) is 11.6 Å². The summed E-state index contributed by atoms with van der Waals surface area (Å²) in [5, 5.41) is 0. The molecule has 0 bridgehead atoms. The van der Waals surface area contributed by atoms with Crippen molar-refractivity contribution in [1.29, 1.82) is 0 Å². The molecule has 0 unspecified atom stereocenters. The SMILES string of the molecule is COc1ccc(C(=O)CC(=O)c2ccc(C(F)(F)F)cc2)cc1. The summed E-state index contributed by atoms with van der Waals surface area (Å²) in [5.41, 5.74) is -0.429. The van der Waals surface area contributed by atoms with Gasteiger partial charge in [-0.3, -0.25) is 9.59 Å². The molecule has 120 valence electrons. The van der Waals surface area contributed by atoms with E-state index in [-0.39, 0.29) is 5.56 Å². The lowest BCUT2D eigenvalue weighted by atomic mass is 10.0. The third-order valence-corrected chi connectivity index (χ3v) is 3.27. The normalized spacial score (nSPS) is 11.1. The van der Waals surface area contributed by atoms with Gasteiger partial charge >= 0.3 is 6.18 Å². The van der Waals surface area contributed by atoms with Crippen LogP contribution in [0, 0.1) is 0 Å². The number of benzene rings is 2. The van der Waals surface area contributed by atoms with Crippen LogP contribution in [0.3, 0.4) is 0 Å². The van der Waals surface area contributed by atoms with Crippen molar-refractivity contribution in [3.05, 3.63) is 65.2 Å². The Bertz CT molecular complexity index is 701. The molecule has 0 saturated carbocycles. The first-order chi connectivity index (χ1) is 10.8. The minimum absolute atomic E-state index is 0.0693. The Kier molecular flexibility index (Phi) is 4.83. The summed E-state index contributed by atoms with van der Waals surface area (Å²) in [6.45, 7) is 0. The van der Waals surface area contributed by atoms with Crippen LogP contribution < -0.4 is 4.74 Å². The van der Waals surface area contributed by atoms with Crippen molar-refractivity contribution in [2.45, 2.75) is 12.6 Å². The molecule has 6 heteroatoms. The largest absolute Gasteiger partial charge is 0.497 e. The number of ether oxygens (including phenoxy) is 1. The highest BCUT2D eigenvalue weighted by Gasteiger charge is 2.30. The molecule has 0 saturated heterocycles. The first-order valence-corrected chi connectivity index (χ1v) is 6.69. The van der Waals surface area contributed by atoms with E-state index in [4.69, 9.17) is 4.74 Å². The third kappa shape index (κ3) is 4.18. The molecule has 2 aromatic rings. The molecule has 0 atom stereocenters. The monoisotopic (exact) mass is 322 g/mol. The summed E-state index contributed by atoms with van der Waals surface area (Å²) in [5.74, 6) is -0.354. The first kappa shape index (κ1) is 16.7. The molecule has 0 aliphatic rings. The lowest BCUT2D eigenvalue weighted by Crippen LogP contribution is -2.10. The minimum atomic E-state index is -4.46. The summed E-state index contributed by atoms with van der Waals surface area (Å²) in [4.78, 5) is 24.0. The Morgan fingerprint density at radius 1 is 0.870 bits per heavy atom. The summed E-state index contributed by atoms with van der Waals surface area (Å²) in [6, 6.07) is 10.0. The number of halogens is 3. The van der Waals surface area contributed by atoms with E-state index in [1.807, 2.05) is 0 Å². The highest BCUT2D eigenvalue weighted by Crippen LogP contribution is 2.29. The second-order valence-corrected chi connectivity index (χ2v) is 4.83. The van der Waals surface area contributed by atoms with Gasteiger partial charge < -0.3 is 4.74 Å². The maximum Gasteiger partial charge on any atom is 0.416 e. The fourth-order valence-electron chi connectivity index (χ4n) is 1.97. The lowest BCUT2D eigenvalue weighted by molar-refractivity contribution is -0.137. The Morgan fingerprint density at radius 2 is 1.30 bits per heavy atom. The summed E-state index contributed by atoms with van der Waals surface area (Å²) in [6.07, 6.45) is -4.86. The van der Waals surface area contributed by atoms with Gasteiger partial charge in [-0.1, -0.05) is 12.1 Å². The highest BCUT2D eigenvalue weighted by atomic mass is 19.4. The fourth-order valence-corrected chi connectivity index (χ4v) is 1.97. The second-order valence-electron chi connectivity index (χ2n) is 4.83. The highest BCUT2D eigenvalue weighted by molar-refractivity contribution is 6.13. The smallest absolute Gasteiger partial charge is 0.416 e. The van der Waals surface area contributed by atoms with E-state index in [0.29, 0.717) is 11.3 Å². The van der Waals surface area contributed by atoms with E-state index in [1.165, 1.54) is 19.2 Å². The Labute approximate surface area is 130 Å². The van der Waals surface area contributed by atoms with Crippen LogP contribution in [-0.4, -0.2) is 18.7 Å².